The van der Waals surface area contributed by atoms with Crippen molar-refractivity contribution < 1.29 is 9.84 Å². The van der Waals surface area contributed by atoms with Gasteiger partial charge in [-0.1, -0.05) is 17.4 Å². The molecule has 1 aromatic heterocycles. The summed E-state index contributed by atoms with van der Waals surface area (Å²) in [6.45, 7) is 1.23. The molecule has 5 nitrogen and oxygen atoms in total. The highest BCUT2D eigenvalue weighted by atomic mass is 32.1. The summed E-state index contributed by atoms with van der Waals surface area (Å²) in [6.07, 6.45) is 0. The number of rotatable bonds is 5. The van der Waals surface area contributed by atoms with E-state index >= 15 is 0 Å². The first-order valence-corrected chi connectivity index (χ1v) is 6.30. The van der Waals surface area contributed by atoms with Crippen molar-refractivity contribution in [2.24, 2.45) is 0 Å². The lowest BCUT2D eigenvalue weighted by molar-refractivity contribution is 0.373. The van der Waals surface area contributed by atoms with Gasteiger partial charge in [0.05, 0.1) is 7.11 Å². The van der Waals surface area contributed by atoms with Crippen molar-refractivity contribution in [3.05, 3.63) is 44.5 Å². The molecule has 18 heavy (non-hydrogen) atoms. The lowest BCUT2D eigenvalue weighted by Crippen LogP contribution is -2.13. The molecule has 0 atom stereocenters. The molecule has 2 rings (SSSR count). The van der Waals surface area contributed by atoms with Gasteiger partial charge in [0.1, 0.15) is 0 Å². The van der Waals surface area contributed by atoms with E-state index in [1.165, 1.54) is 7.11 Å². The van der Waals surface area contributed by atoms with Crippen LogP contribution in [0.15, 0.2) is 28.4 Å². The SMILES string of the molecule is COc1cc(CNCc2csc(=O)[nH]2)ccc1O. The first-order chi connectivity index (χ1) is 8.69. The zero-order valence-electron chi connectivity index (χ0n) is 9.90. The highest BCUT2D eigenvalue weighted by Crippen LogP contribution is 2.26. The van der Waals surface area contributed by atoms with Crippen molar-refractivity contribution in [2.45, 2.75) is 13.1 Å². The monoisotopic (exact) mass is 266 g/mol. The van der Waals surface area contributed by atoms with Gasteiger partial charge in [0, 0.05) is 24.2 Å². The van der Waals surface area contributed by atoms with Gasteiger partial charge in [-0.15, -0.1) is 0 Å². The zero-order valence-corrected chi connectivity index (χ0v) is 10.7. The van der Waals surface area contributed by atoms with E-state index in [1.807, 2.05) is 6.07 Å². The molecule has 0 aliphatic carbocycles. The predicted molar refractivity (Wildman–Crippen MR) is 70.1 cm³/mol. The number of benzene rings is 1. The number of aromatic amines is 1. The maximum atomic E-state index is 10.9. The number of aromatic nitrogens is 1. The van der Waals surface area contributed by atoms with Crippen molar-refractivity contribution in [2.75, 3.05) is 7.11 Å². The summed E-state index contributed by atoms with van der Waals surface area (Å²) in [6, 6.07) is 5.20. The molecule has 0 bridgehead atoms. The normalized spacial score (nSPS) is 10.5. The Balaban J connectivity index is 1.92. The van der Waals surface area contributed by atoms with Gasteiger partial charge in [-0.25, -0.2) is 0 Å². The molecule has 0 unspecified atom stereocenters. The lowest BCUT2D eigenvalue weighted by atomic mass is 10.2. The van der Waals surface area contributed by atoms with Crippen molar-refractivity contribution in [3.63, 3.8) is 0 Å². The number of thiazole rings is 1. The number of methoxy groups -OCH3 is 1. The molecule has 0 radical (unpaired) electrons. The zero-order chi connectivity index (χ0) is 13.0. The molecular weight excluding hydrogens is 252 g/mol. The third-order valence-corrected chi connectivity index (χ3v) is 3.18. The molecule has 0 amide bonds. The summed E-state index contributed by atoms with van der Waals surface area (Å²) in [5.41, 5.74) is 1.87. The molecule has 0 saturated carbocycles. The number of ether oxygens (including phenoxy) is 1. The summed E-state index contributed by atoms with van der Waals surface area (Å²) < 4.78 is 5.03. The first kappa shape index (κ1) is 12.7. The van der Waals surface area contributed by atoms with E-state index < -0.39 is 0 Å². The summed E-state index contributed by atoms with van der Waals surface area (Å²) in [5, 5.41) is 14.5. The van der Waals surface area contributed by atoms with Gasteiger partial charge in [-0.05, 0) is 17.7 Å². The molecule has 0 saturated heterocycles. The maximum absolute atomic E-state index is 10.9. The number of aromatic hydroxyl groups is 1. The molecule has 0 aliphatic heterocycles. The van der Waals surface area contributed by atoms with E-state index in [2.05, 4.69) is 10.3 Å². The molecule has 1 heterocycles. The number of nitrogens with one attached hydrogen (secondary N) is 2. The fraction of sp³-hybridized carbons (Fsp3) is 0.250. The molecule has 1 aromatic carbocycles. The number of phenols is 1. The fourth-order valence-corrected chi connectivity index (χ4v) is 2.16. The van der Waals surface area contributed by atoms with E-state index in [0.29, 0.717) is 18.8 Å². The Bertz CT molecular complexity index is 577. The quantitative estimate of drug-likeness (QED) is 0.765. The Morgan fingerprint density at radius 2 is 2.28 bits per heavy atom. The predicted octanol–water partition coefficient (Wildman–Crippen LogP) is 1.44. The van der Waals surface area contributed by atoms with Gasteiger partial charge >= 0.3 is 4.87 Å². The minimum atomic E-state index is -0.0434. The maximum Gasteiger partial charge on any atom is 0.304 e. The van der Waals surface area contributed by atoms with E-state index in [1.54, 1.807) is 17.5 Å². The Labute approximate surface area is 108 Å². The van der Waals surface area contributed by atoms with Crippen molar-refractivity contribution in [3.8, 4) is 11.5 Å². The van der Waals surface area contributed by atoms with Gasteiger partial charge in [0.2, 0.25) is 0 Å². The molecule has 6 heteroatoms. The molecule has 0 fully saturated rings. The highest BCUT2D eigenvalue weighted by molar-refractivity contribution is 7.07. The third kappa shape index (κ3) is 3.12. The van der Waals surface area contributed by atoms with Crippen LogP contribution in [-0.2, 0) is 13.1 Å². The van der Waals surface area contributed by atoms with E-state index in [4.69, 9.17) is 4.74 Å². The van der Waals surface area contributed by atoms with Crippen LogP contribution in [0.2, 0.25) is 0 Å². The highest BCUT2D eigenvalue weighted by Gasteiger charge is 2.02. The Morgan fingerprint density at radius 3 is 2.94 bits per heavy atom. The number of phenolic OH excluding ortho intramolecular Hbond substituents is 1. The Hall–Kier alpha value is -1.79. The Kier molecular flexibility index (Phi) is 4.01. The summed E-state index contributed by atoms with van der Waals surface area (Å²) in [4.78, 5) is 13.6. The second kappa shape index (κ2) is 5.70. The van der Waals surface area contributed by atoms with Crippen LogP contribution in [-0.4, -0.2) is 17.2 Å². The summed E-state index contributed by atoms with van der Waals surface area (Å²) >= 11 is 1.15. The lowest BCUT2D eigenvalue weighted by Gasteiger charge is -2.07. The molecule has 96 valence electrons. The van der Waals surface area contributed by atoms with E-state index in [0.717, 1.165) is 22.6 Å². The summed E-state index contributed by atoms with van der Waals surface area (Å²) in [7, 11) is 1.52. The minimum Gasteiger partial charge on any atom is -0.504 e. The number of hydrogen-bond donors (Lipinski definition) is 3. The van der Waals surface area contributed by atoms with Crippen LogP contribution in [0.4, 0.5) is 0 Å². The largest absolute Gasteiger partial charge is 0.504 e. The van der Waals surface area contributed by atoms with Gasteiger partial charge in [0.25, 0.3) is 0 Å². The molecule has 3 N–H and O–H groups in total. The van der Waals surface area contributed by atoms with Crippen LogP contribution in [0.3, 0.4) is 0 Å². The van der Waals surface area contributed by atoms with Crippen molar-refractivity contribution in [1.29, 1.82) is 0 Å². The molecular formula is C12H14N2O3S. The van der Waals surface area contributed by atoms with Crippen molar-refractivity contribution in [1.82, 2.24) is 10.3 Å². The van der Waals surface area contributed by atoms with Crippen LogP contribution in [0.1, 0.15) is 11.3 Å². The van der Waals surface area contributed by atoms with E-state index in [9.17, 15) is 9.90 Å². The van der Waals surface area contributed by atoms with Crippen LogP contribution in [0.5, 0.6) is 11.5 Å². The van der Waals surface area contributed by atoms with Gasteiger partial charge in [-0.3, -0.25) is 4.79 Å². The third-order valence-electron chi connectivity index (χ3n) is 2.46. The van der Waals surface area contributed by atoms with Crippen LogP contribution in [0.25, 0.3) is 0 Å². The minimum absolute atomic E-state index is 0.0434. The van der Waals surface area contributed by atoms with Gasteiger partial charge in [0.15, 0.2) is 11.5 Å². The smallest absolute Gasteiger partial charge is 0.304 e. The average molecular weight is 266 g/mol. The fourth-order valence-electron chi connectivity index (χ4n) is 1.57. The van der Waals surface area contributed by atoms with Crippen molar-refractivity contribution >= 4 is 11.3 Å². The second-order valence-electron chi connectivity index (χ2n) is 3.78. The average Bonchev–Trinajstić information content (AvgIpc) is 2.77. The van der Waals surface area contributed by atoms with Gasteiger partial charge < -0.3 is 20.1 Å². The molecule has 0 spiro atoms. The standard InChI is InChI=1S/C12H14N2O3S/c1-17-11-4-8(2-3-10(11)15)5-13-6-9-7-18-12(16)14-9/h2-4,7,13,15H,5-6H2,1H3,(H,14,16). The second-order valence-corrected chi connectivity index (χ2v) is 4.63. The van der Waals surface area contributed by atoms with Gasteiger partial charge in [-0.2, -0.15) is 0 Å². The van der Waals surface area contributed by atoms with Crippen LogP contribution < -0.4 is 14.9 Å². The first-order valence-electron chi connectivity index (χ1n) is 5.42. The van der Waals surface area contributed by atoms with E-state index in [-0.39, 0.29) is 10.6 Å². The topological polar surface area (TPSA) is 74.3 Å². The summed E-state index contributed by atoms with van der Waals surface area (Å²) in [5.74, 6) is 0.585. The number of hydrogen-bond acceptors (Lipinski definition) is 5. The molecule has 0 aliphatic rings. The molecule has 2 aromatic rings. The number of H-pyrrole nitrogens is 1. The van der Waals surface area contributed by atoms with Crippen LogP contribution >= 0.6 is 11.3 Å². The Morgan fingerprint density at radius 1 is 1.44 bits per heavy atom. The van der Waals surface area contributed by atoms with Crippen LogP contribution in [0, 0.1) is 0 Å².